The zero-order chi connectivity index (χ0) is 12.1. The van der Waals surface area contributed by atoms with E-state index in [1.807, 2.05) is 7.05 Å². The summed E-state index contributed by atoms with van der Waals surface area (Å²) in [4.78, 5) is 28.1. The van der Waals surface area contributed by atoms with Crippen molar-refractivity contribution in [1.82, 2.24) is 14.7 Å². The Bertz CT molecular complexity index is 262. The van der Waals surface area contributed by atoms with E-state index in [0.29, 0.717) is 0 Å². The fraction of sp³-hybridized carbons (Fsp3) is 0.800. The second kappa shape index (κ2) is 5.69. The van der Waals surface area contributed by atoms with Gasteiger partial charge in [-0.2, -0.15) is 0 Å². The zero-order valence-corrected chi connectivity index (χ0v) is 10.1. The molecule has 1 aliphatic heterocycles. The summed E-state index contributed by atoms with van der Waals surface area (Å²) >= 11 is 0. The highest BCUT2D eigenvalue weighted by atomic mass is 16.5. The van der Waals surface area contributed by atoms with Crippen LogP contribution in [0.5, 0.6) is 0 Å². The van der Waals surface area contributed by atoms with Gasteiger partial charge in [0.2, 0.25) is 5.91 Å². The second-order valence-electron chi connectivity index (χ2n) is 4.01. The number of ether oxygens (including phenoxy) is 1. The average molecular weight is 229 g/mol. The number of amides is 2. The number of nitrogens with zero attached hydrogens (tertiary/aromatic N) is 3. The smallest absolute Gasteiger partial charge is 0.409 e. The van der Waals surface area contributed by atoms with Crippen molar-refractivity contribution in [1.29, 1.82) is 0 Å². The van der Waals surface area contributed by atoms with Crippen LogP contribution in [0.1, 0.15) is 0 Å². The summed E-state index contributed by atoms with van der Waals surface area (Å²) in [6.45, 7) is 3.30. The van der Waals surface area contributed by atoms with Gasteiger partial charge in [0.1, 0.15) is 6.54 Å². The van der Waals surface area contributed by atoms with E-state index in [9.17, 15) is 9.59 Å². The van der Waals surface area contributed by atoms with E-state index in [2.05, 4.69) is 9.64 Å². The quantitative estimate of drug-likeness (QED) is 0.638. The van der Waals surface area contributed by atoms with Crippen molar-refractivity contribution in [2.24, 2.45) is 0 Å². The Balaban J connectivity index is 2.37. The van der Waals surface area contributed by atoms with Gasteiger partial charge in [0.25, 0.3) is 0 Å². The van der Waals surface area contributed by atoms with Crippen LogP contribution in [0.3, 0.4) is 0 Å². The van der Waals surface area contributed by atoms with E-state index in [1.165, 1.54) is 12.0 Å². The van der Waals surface area contributed by atoms with Gasteiger partial charge in [-0.3, -0.25) is 4.79 Å². The molecule has 92 valence electrons. The van der Waals surface area contributed by atoms with Gasteiger partial charge in [0.05, 0.1) is 7.11 Å². The topological polar surface area (TPSA) is 53.1 Å². The fourth-order valence-electron chi connectivity index (χ4n) is 1.58. The van der Waals surface area contributed by atoms with Crippen LogP contribution in [-0.2, 0) is 9.53 Å². The van der Waals surface area contributed by atoms with Crippen LogP contribution in [0.15, 0.2) is 0 Å². The Morgan fingerprint density at radius 1 is 1.25 bits per heavy atom. The largest absolute Gasteiger partial charge is 0.453 e. The molecule has 16 heavy (non-hydrogen) atoms. The summed E-state index contributed by atoms with van der Waals surface area (Å²) in [5.74, 6) is -0.0269. The van der Waals surface area contributed by atoms with Crippen molar-refractivity contribution in [3.8, 4) is 0 Å². The van der Waals surface area contributed by atoms with Crippen molar-refractivity contribution >= 4 is 12.0 Å². The highest BCUT2D eigenvalue weighted by Gasteiger charge is 2.21. The van der Waals surface area contributed by atoms with Crippen LogP contribution in [-0.4, -0.2) is 80.6 Å². The number of hydrogen-bond donors (Lipinski definition) is 0. The molecule has 2 amide bonds. The van der Waals surface area contributed by atoms with Crippen molar-refractivity contribution in [2.75, 3.05) is 53.9 Å². The normalized spacial score (nSPS) is 17.1. The van der Waals surface area contributed by atoms with E-state index in [-0.39, 0.29) is 12.5 Å². The minimum atomic E-state index is -0.484. The molecule has 0 aromatic carbocycles. The Hall–Kier alpha value is -1.30. The van der Waals surface area contributed by atoms with E-state index in [1.54, 1.807) is 11.9 Å². The van der Waals surface area contributed by atoms with Gasteiger partial charge in [-0.15, -0.1) is 0 Å². The molecule has 1 saturated heterocycles. The third-order valence-corrected chi connectivity index (χ3v) is 2.71. The van der Waals surface area contributed by atoms with Gasteiger partial charge in [-0.25, -0.2) is 4.79 Å². The van der Waals surface area contributed by atoms with Crippen LogP contribution < -0.4 is 0 Å². The Labute approximate surface area is 95.7 Å². The van der Waals surface area contributed by atoms with Crippen LogP contribution in [0.25, 0.3) is 0 Å². The highest BCUT2D eigenvalue weighted by Crippen LogP contribution is 2.01. The first-order chi connectivity index (χ1) is 7.54. The lowest BCUT2D eigenvalue weighted by molar-refractivity contribution is -0.133. The summed E-state index contributed by atoms with van der Waals surface area (Å²) in [6.07, 6.45) is -0.484. The minimum absolute atomic E-state index is 0.0269. The maximum absolute atomic E-state index is 11.8. The number of carbonyl (C=O) groups excluding carboxylic acids is 2. The predicted molar refractivity (Wildman–Crippen MR) is 59.1 cm³/mol. The summed E-state index contributed by atoms with van der Waals surface area (Å²) < 4.78 is 4.53. The third kappa shape index (κ3) is 3.37. The molecule has 1 fully saturated rings. The number of hydrogen-bond acceptors (Lipinski definition) is 4. The van der Waals surface area contributed by atoms with Gasteiger partial charge in [0, 0.05) is 33.2 Å². The lowest BCUT2D eigenvalue weighted by atomic mass is 10.3. The van der Waals surface area contributed by atoms with Crippen LogP contribution >= 0.6 is 0 Å². The standard InChI is InChI=1S/C10H19N3O3/c1-11-4-6-13(7-5-11)9(14)8-12(2)10(15)16-3/h4-8H2,1-3H3. The van der Waals surface area contributed by atoms with Gasteiger partial charge >= 0.3 is 6.09 Å². The number of likely N-dealkylation sites (N-methyl/N-ethyl adjacent to an activating group) is 2. The highest BCUT2D eigenvalue weighted by molar-refractivity contribution is 5.82. The molecule has 1 aliphatic rings. The summed E-state index contributed by atoms with van der Waals surface area (Å²) in [5, 5.41) is 0. The van der Waals surface area contributed by atoms with E-state index in [4.69, 9.17) is 0 Å². The molecule has 0 spiro atoms. The monoisotopic (exact) mass is 229 g/mol. The molecule has 0 atom stereocenters. The zero-order valence-electron chi connectivity index (χ0n) is 10.1. The summed E-state index contributed by atoms with van der Waals surface area (Å²) in [6, 6.07) is 0. The Kier molecular flexibility index (Phi) is 4.54. The fourth-order valence-corrected chi connectivity index (χ4v) is 1.58. The molecule has 0 N–H and O–H groups in total. The first kappa shape index (κ1) is 12.8. The Morgan fingerprint density at radius 2 is 1.81 bits per heavy atom. The molecule has 1 heterocycles. The molecule has 6 heteroatoms. The molecular formula is C10H19N3O3. The maximum Gasteiger partial charge on any atom is 0.409 e. The number of rotatable bonds is 2. The third-order valence-electron chi connectivity index (χ3n) is 2.71. The number of methoxy groups -OCH3 is 1. The van der Waals surface area contributed by atoms with Crippen LogP contribution in [0.4, 0.5) is 4.79 Å². The van der Waals surface area contributed by atoms with Gasteiger partial charge < -0.3 is 19.4 Å². The maximum atomic E-state index is 11.8. The molecule has 6 nitrogen and oxygen atoms in total. The van der Waals surface area contributed by atoms with Crippen molar-refractivity contribution in [2.45, 2.75) is 0 Å². The van der Waals surface area contributed by atoms with E-state index >= 15 is 0 Å². The SMILES string of the molecule is COC(=O)N(C)CC(=O)N1CCN(C)CC1. The minimum Gasteiger partial charge on any atom is -0.453 e. The molecule has 0 saturated carbocycles. The van der Waals surface area contributed by atoms with Crippen molar-refractivity contribution in [3.05, 3.63) is 0 Å². The molecule has 0 aromatic heterocycles. The van der Waals surface area contributed by atoms with Crippen molar-refractivity contribution in [3.63, 3.8) is 0 Å². The van der Waals surface area contributed by atoms with Gasteiger partial charge in [-0.1, -0.05) is 0 Å². The number of piperazine rings is 1. The molecule has 0 radical (unpaired) electrons. The van der Waals surface area contributed by atoms with Gasteiger partial charge in [0.15, 0.2) is 0 Å². The summed E-state index contributed by atoms with van der Waals surface area (Å²) in [7, 11) is 4.89. The molecular weight excluding hydrogens is 210 g/mol. The molecule has 1 rings (SSSR count). The summed E-state index contributed by atoms with van der Waals surface area (Å²) in [5.41, 5.74) is 0. The lowest BCUT2D eigenvalue weighted by Crippen LogP contribution is -2.50. The molecule has 0 bridgehead atoms. The number of carbonyl (C=O) groups is 2. The van der Waals surface area contributed by atoms with Crippen molar-refractivity contribution < 1.29 is 14.3 Å². The van der Waals surface area contributed by atoms with E-state index < -0.39 is 6.09 Å². The lowest BCUT2D eigenvalue weighted by Gasteiger charge is -2.33. The Morgan fingerprint density at radius 3 is 2.31 bits per heavy atom. The first-order valence-electron chi connectivity index (χ1n) is 5.30. The van der Waals surface area contributed by atoms with E-state index in [0.717, 1.165) is 26.2 Å². The van der Waals surface area contributed by atoms with Crippen LogP contribution in [0, 0.1) is 0 Å². The molecule has 0 aliphatic carbocycles. The predicted octanol–water partition coefficient (Wildman–Crippen LogP) is -0.541. The molecule has 0 aromatic rings. The first-order valence-corrected chi connectivity index (χ1v) is 5.30. The second-order valence-corrected chi connectivity index (χ2v) is 4.01. The molecule has 0 unspecified atom stereocenters. The van der Waals surface area contributed by atoms with Gasteiger partial charge in [-0.05, 0) is 7.05 Å². The average Bonchev–Trinajstić information content (AvgIpc) is 2.28. The van der Waals surface area contributed by atoms with Crippen LogP contribution in [0.2, 0.25) is 0 Å².